The molecule has 0 bridgehead atoms. The number of carbonyl (C=O) groups excluding carboxylic acids is 6. The zero-order chi connectivity index (χ0) is 31.2. The zero-order valence-corrected chi connectivity index (χ0v) is 25.2. The Hall–Kier alpha value is -3.96. The van der Waals surface area contributed by atoms with E-state index in [4.69, 9.17) is 0 Å². The van der Waals surface area contributed by atoms with Gasteiger partial charge in [0, 0.05) is 6.42 Å². The van der Waals surface area contributed by atoms with Crippen LogP contribution in [0, 0.1) is 5.92 Å². The first-order valence-electron chi connectivity index (χ1n) is 13.7. The Morgan fingerprint density at radius 2 is 1.15 bits per heavy atom. The zero-order valence-electron chi connectivity index (χ0n) is 25.2. The molecule has 0 unspecified atom stereocenters. The minimum absolute atomic E-state index is 0.0102. The molecule has 0 radical (unpaired) electrons. The third kappa shape index (κ3) is 9.58. The Balaban J connectivity index is 2.48. The maximum Gasteiger partial charge on any atom is 0.245 e. The molecule has 12 nitrogen and oxygen atoms in total. The summed E-state index contributed by atoms with van der Waals surface area (Å²) in [7, 11) is 0. The van der Waals surface area contributed by atoms with Crippen molar-refractivity contribution in [3.63, 3.8) is 0 Å². The predicted octanol–water partition coefficient (Wildman–Crippen LogP) is 0.0590. The van der Waals surface area contributed by atoms with Gasteiger partial charge in [-0.1, -0.05) is 44.2 Å². The molecule has 1 saturated heterocycles. The summed E-state index contributed by atoms with van der Waals surface area (Å²) in [6, 6.07) is 6.92. The van der Waals surface area contributed by atoms with Crippen molar-refractivity contribution in [1.29, 1.82) is 0 Å². The van der Waals surface area contributed by atoms with E-state index >= 15 is 0 Å². The van der Waals surface area contributed by atoms with Crippen molar-refractivity contribution in [3.8, 4) is 0 Å². The maximum atomic E-state index is 13.5. The van der Waals surface area contributed by atoms with E-state index in [-0.39, 0.29) is 18.8 Å². The Labute approximate surface area is 241 Å². The fraction of sp³-hybridized carbons (Fsp3) is 0.586. The normalized spacial score (nSPS) is 24.0. The van der Waals surface area contributed by atoms with E-state index in [1.54, 1.807) is 24.3 Å². The number of carbonyl (C=O) groups is 6. The molecule has 12 heteroatoms. The molecule has 2 atom stereocenters. The van der Waals surface area contributed by atoms with Gasteiger partial charge in [-0.25, -0.2) is 0 Å². The lowest BCUT2D eigenvalue weighted by Crippen LogP contribution is -2.65. The second-order valence-electron chi connectivity index (χ2n) is 12.5. The average molecular weight is 573 g/mol. The highest BCUT2D eigenvalue weighted by molar-refractivity contribution is 6.00. The van der Waals surface area contributed by atoms with Crippen molar-refractivity contribution in [2.24, 2.45) is 5.92 Å². The first-order valence-corrected chi connectivity index (χ1v) is 13.7. The summed E-state index contributed by atoms with van der Waals surface area (Å²) in [5.41, 5.74) is -3.60. The monoisotopic (exact) mass is 572 g/mol. The molecule has 1 heterocycles. The van der Waals surface area contributed by atoms with Crippen LogP contribution < -0.4 is 31.9 Å². The van der Waals surface area contributed by atoms with E-state index in [2.05, 4.69) is 31.9 Å². The molecular weight excluding hydrogens is 528 g/mol. The molecule has 0 saturated carbocycles. The lowest BCUT2D eigenvalue weighted by molar-refractivity contribution is -0.139. The van der Waals surface area contributed by atoms with Crippen molar-refractivity contribution >= 4 is 35.4 Å². The lowest BCUT2D eigenvalue weighted by Gasteiger charge is -2.33. The van der Waals surface area contributed by atoms with Crippen LogP contribution >= 0.6 is 0 Å². The quantitative estimate of drug-likeness (QED) is 0.297. The van der Waals surface area contributed by atoms with Crippen molar-refractivity contribution in [1.82, 2.24) is 31.9 Å². The minimum atomic E-state index is -1.48. The molecule has 226 valence electrons. The second kappa shape index (κ2) is 13.1. The van der Waals surface area contributed by atoms with Crippen LogP contribution in [-0.2, 0) is 35.2 Å². The van der Waals surface area contributed by atoms with Gasteiger partial charge >= 0.3 is 0 Å². The maximum absolute atomic E-state index is 13.5. The first-order chi connectivity index (χ1) is 18.8. The smallest absolute Gasteiger partial charge is 0.245 e. The van der Waals surface area contributed by atoms with Crippen LogP contribution in [0.5, 0.6) is 0 Å². The van der Waals surface area contributed by atoms with E-state index in [0.29, 0.717) is 0 Å². The SMILES string of the molecule is CC(C)C[C@@H]1NC(=O)C(C)(C)NC(=O)CNC(=O)C(C)(C)NC(=O)[C@H](Cc2ccccc2)NC(=O)C(C)(C)NC1=O. The minimum Gasteiger partial charge on any atom is -0.345 e. The van der Waals surface area contributed by atoms with Gasteiger partial charge in [0.1, 0.15) is 28.7 Å². The number of hydrogen-bond acceptors (Lipinski definition) is 6. The molecule has 6 N–H and O–H groups in total. The molecule has 2 rings (SSSR count). The lowest BCUT2D eigenvalue weighted by atomic mass is 9.96. The summed E-state index contributed by atoms with van der Waals surface area (Å²) in [5.74, 6) is -3.73. The third-order valence-electron chi connectivity index (χ3n) is 6.67. The third-order valence-corrected chi connectivity index (χ3v) is 6.67. The number of nitrogens with one attached hydrogen (secondary N) is 6. The summed E-state index contributed by atoms with van der Waals surface area (Å²) in [4.78, 5) is 79.0. The molecule has 1 aromatic rings. The molecule has 0 aliphatic carbocycles. The van der Waals surface area contributed by atoms with E-state index < -0.39 is 70.7 Å². The predicted molar refractivity (Wildman–Crippen MR) is 153 cm³/mol. The van der Waals surface area contributed by atoms with Crippen molar-refractivity contribution in [3.05, 3.63) is 35.9 Å². The summed E-state index contributed by atoms with van der Waals surface area (Å²) in [6.45, 7) is 12.2. The summed E-state index contributed by atoms with van der Waals surface area (Å²) in [5, 5.41) is 15.8. The van der Waals surface area contributed by atoms with Gasteiger partial charge in [-0.3, -0.25) is 28.8 Å². The first kappa shape index (κ1) is 33.2. The average Bonchev–Trinajstić information content (AvgIpc) is 2.85. The molecule has 41 heavy (non-hydrogen) atoms. The fourth-order valence-electron chi connectivity index (χ4n) is 4.17. The Kier molecular flexibility index (Phi) is 10.7. The highest BCUT2D eigenvalue weighted by Gasteiger charge is 2.39. The van der Waals surface area contributed by atoms with Gasteiger partial charge in [-0.15, -0.1) is 0 Å². The summed E-state index contributed by atoms with van der Waals surface area (Å²) >= 11 is 0. The molecule has 6 amide bonds. The van der Waals surface area contributed by atoms with Crippen LogP contribution in [0.3, 0.4) is 0 Å². The fourth-order valence-corrected chi connectivity index (χ4v) is 4.17. The van der Waals surface area contributed by atoms with E-state index in [1.165, 1.54) is 41.5 Å². The van der Waals surface area contributed by atoms with Gasteiger partial charge in [-0.2, -0.15) is 0 Å². The Bertz CT molecular complexity index is 1160. The van der Waals surface area contributed by atoms with E-state index in [1.807, 2.05) is 19.9 Å². The standard InChI is InChI=1S/C29H44N6O6/c1-17(2)14-19-22(37)35-29(7,8)26(41)32-20(15-18-12-10-9-11-13-18)23(38)34-27(3,4)24(39)30-16-21(36)33-28(5,6)25(40)31-19/h9-13,17,19-20H,14-16H2,1-8H3,(H,30,39)(H,31,40)(H,32,41)(H,33,36)(H,34,38)(H,35,37)/t19-,20-/m0/s1. The summed E-state index contributed by atoms with van der Waals surface area (Å²) < 4.78 is 0. The molecule has 1 aromatic carbocycles. The number of benzene rings is 1. The van der Waals surface area contributed by atoms with Crippen molar-refractivity contribution < 1.29 is 28.8 Å². The van der Waals surface area contributed by atoms with Crippen LogP contribution in [-0.4, -0.2) is 70.7 Å². The van der Waals surface area contributed by atoms with Crippen molar-refractivity contribution in [2.75, 3.05) is 6.54 Å². The molecule has 0 aromatic heterocycles. The highest BCUT2D eigenvalue weighted by atomic mass is 16.2. The van der Waals surface area contributed by atoms with Crippen molar-refractivity contribution in [2.45, 2.75) is 96.9 Å². The molecule has 0 spiro atoms. The van der Waals surface area contributed by atoms with Gasteiger partial charge in [0.15, 0.2) is 0 Å². The van der Waals surface area contributed by atoms with Gasteiger partial charge in [0.05, 0.1) is 6.54 Å². The number of amides is 6. The molecule has 1 fully saturated rings. The Morgan fingerprint density at radius 1 is 0.683 bits per heavy atom. The van der Waals surface area contributed by atoms with Gasteiger partial charge in [0.25, 0.3) is 0 Å². The van der Waals surface area contributed by atoms with Gasteiger partial charge < -0.3 is 31.9 Å². The topological polar surface area (TPSA) is 175 Å². The van der Waals surface area contributed by atoms with Crippen LogP contribution in [0.15, 0.2) is 30.3 Å². The van der Waals surface area contributed by atoms with E-state index in [9.17, 15) is 28.8 Å². The largest absolute Gasteiger partial charge is 0.345 e. The van der Waals surface area contributed by atoms with Crippen LogP contribution in [0.1, 0.15) is 67.4 Å². The Morgan fingerprint density at radius 3 is 1.68 bits per heavy atom. The number of rotatable bonds is 4. The van der Waals surface area contributed by atoms with Gasteiger partial charge in [0.2, 0.25) is 35.4 Å². The molecule has 1 aliphatic heterocycles. The van der Waals surface area contributed by atoms with Gasteiger partial charge in [-0.05, 0) is 59.4 Å². The van der Waals surface area contributed by atoms with Crippen LogP contribution in [0.2, 0.25) is 0 Å². The van der Waals surface area contributed by atoms with E-state index in [0.717, 1.165) is 5.56 Å². The highest BCUT2D eigenvalue weighted by Crippen LogP contribution is 2.13. The van der Waals surface area contributed by atoms with Crippen LogP contribution in [0.4, 0.5) is 0 Å². The molecular formula is C29H44N6O6. The van der Waals surface area contributed by atoms with Crippen LogP contribution in [0.25, 0.3) is 0 Å². The number of hydrogen-bond donors (Lipinski definition) is 6. The summed E-state index contributed by atoms with van der Waals surface area (Å²) in [6.07, 6.45) is 0.382. The molecule has 1 aliphatic rings. The second-order valence-corrected chi connectivity index (χ2v) is 12.5.